The van der Waals surface area contributed by atoms with Gasteiger partial charge >= 0.3 is 30.4 Å². The Balaban J connectivity index is 0.000000195. The lowest BCUT2D eigenvalue weighted by molar-refractivity contribution is -0.127. The summed E-state index contributed by atoms with van der Waals surface area (Å²) in [5.74, 6) is -4.18. The number of imide groups is 1. The largest absolute Gasteiger partial charge is 0.519 e. The molecule has 0 spiro atoms. The van der Waals surface area contributed by atoms with Gasteiger partial charge in [-0.1, -0.05) is 119 Å². The van der Waals surface area contributed by atoms with Gasteiger partial charge < -0.3 is 49.9 Å². The van der Waals surface area contributed by atoms with Crippen LogP contribution in [0.25, 0.3) is 10.9 Å². The molecule has 5 aliphatic heterocycles. The molecule has 13 rings (SSSR count). The molecule has 0 atom stereocenters. The maximum absolute atomic E-state index is 12.9. The highest BCUT2D eigenvalue weighted by Crippen LogP contribution is 2.35. The van der Waals surface area contributed by atoms with Crippen molar-refractivity contribution >= 4 is 168 Å². The number of carbonyl (C=O) groups is 11. The highest BCUT2D eigenvalue weighted by Gasteiger charge is 2.42. The molecule has 0 radical (unpaired) electrons. The van der Waals surface area contributed by atoms with E-state index in [2.05, 4.69) is 110 Å². The first-order chi connectivity index (χ1) is 54.3. The first-order valence-corrected chi connectivity index (χ1v) is 45.2. The summed E-state index contributed by atoms with van der Waals surface area (Å²) in [6.07, 6.45) is -3.73. The maximum Gasteiger partial charge on any atom is 0.519 e. The number of fused-ring (bicyclic) bond motifs is 6. The lowest BCUT2D eigenvalue weighted by Crippen LogP contribution is -2.40. The van der Waals surface area contributed by atoms with E-state index in [9.17, 15) is 52.7 Å². The Hall–Kier alpha value is -11.0. The van der Waals surface area contributed by atoms with Gasteiger partial charge in [0, 0.05) is 64.7 Å². The van der Waals surface area contributed by atoms with Crippen LogP contribution in [0, 0.1) is 0 Å². The molecule has 6 heterocycles. The van der Waals surface area contributed by atoms with Crippen molar-refractivity contribution in [3.8, 4) is 0 Å². The van der Waals surface area contributed by atoms with Crippen LogP contribution in [0.5, 0.6) is 0 Å². The van der Waals surface area contributed by atoms with Crippen molar-refractivity contribution in [1.29, 1.82) is 0 Å². The number of amides is 6. The molecule has 0 bridgehead atoms. The summed E-state index contributed by atoms with van der Waals surface area (Å²) in [6, 6.07) is 45.6. The number of nitrogens with one attached hydrogen (secondary N) is 3. The third kappa shape index (κ3) is 29.0. The third-order valence-electron chi connectivity index (χ3n) is 15.8. The highest BCUT2D eigenvalue weighted by molar-refractivity contribution is 6.76. The van der Waals surface area contributed by atoms with Crippen LogP contribution in [-0.2, 0) is 77.3 Å². The van der Waals surface area contributed by atoms with Gasteiger partial charge in [-0.3, -0.25) is 48.2 Å². The molecule has 0 aliphatic carbocycles. The number of Topliss-reactive ketones (excluding diaryl/α,β-unsaturated/α-hetero) is 3. The van der Waals surface area contributed by atoms with Gasteiger partial charge in [0.15, 0.2) is 16.5 Å². The molecule has 7 aromatic carbocycles. The molecular formula is C84H95Cl4N11O16Si2. The summed E-state index contributed by atoms with van der Waals surface area (Å²) >= 11 is 23.5. The smallest absolute Gasteiger partial charge is 0.444 e. The maximum atomic E-state index is 12.9. The normalized spacial score (nSPS) is 13.5. The standard InChI is InChI=1S/C21H21ClN2O4.C17H13ClN4O.C13H12ClNO4.C10H18O5.C8H4ClNO2.C8H9N.C7H18N2Si2/c1-21(2,3)28-20(27)23-17-10-15(22)8-9-16(17)18(25)19(26)24-11-13-6-4-5-7-14(13)12-24;18-12-5-6-13-14(7-12)20-17(19)21-15(13)16(23)22-8-10-3-1-2-4-11(10)9-22;1-13(2,3)19-12(18)15-9-6-7(14)4-5-8(9)10(16)11(15)17;1-9(2,3)14-7(11)13-8(12)15-10(4,5)6;9-4-1-2-5-6(3-4)10-8(12)7(5)11;1-2-4-8-6-9-5-7(8)3-1;1-10(2,3)8-7-9-11(4,5)6/h4-10H,11-12H2,1-3H3,(H,23,27);1-7H,8-9H2,(H2,19,20,21);4-6H,1-3H3;1-6H3;1-3H,(H,10,11,12);1-4,9H,5-6H2;1-6H3. The van der Waals surface area contributed by atoms with E-state index < -0.39 is 98.4 Å². The van der Waals surface area contributed by atoms with Crippen LogP contribution >= 0.6 is 46.4 Å². The third-order valence-corrected chi connectivity index (χ3v) is 18.2. The number of hydrogen-bond acceptors (Lipinski definition) is 22. The van der Waals surface area contributed by atoms with E-state index >= 15 is 0 Å². The molecule has 27 nitrogen and oxygen atoms in total. The van der Waals surface area contributed by atoms with E-state index in [0.717, 1.165) is 40.2 Å². The summed E-state index contributed by atoms with van der Waals surface area (Å²) in [7, 11) is -2.63. The number of aromatic nitrogens is 2. The number of carbonyl (C=O) groups excluding carboxylic acids is 11. The molecule has 6 amide bonds. The zero-order valence-corrected chi connectivity index (χ0v) is 73.4. The number of nitrogens with two attached hydrogens (primary N) is 1. The topological polar surface area (TPSA) is 356 Å². The molecular weight excluding hydrogens is 1620 g/mol. The fourth-order valence-corrected chi connectivity index (χ4v) is 12.3. The Labute approximate surface area is 701 Å². The lowest BCUT2D eigenvalue weighted by Gasteiger charge is -2.23. The van der Waals surface area contributed by atoms with Crippen LogP contribution in [0.1, 0.15) is 158 Å². The monoisotopic (exact) mass is 1710 g/mol. The van der Waals surface area contributed by atoms with Crippen molar-refractivity contribution in [2.24, 2.45) is 9.32 Å². The summed E-state index contributed by atoms with van der Waals surface area (Å²) < 4.78 is 32.7. The Morgan fingerprint density at radius 2 is 0.949 bits per heavy atom. The van der Waals surface area contributed by atoms with Gasteiger partial charge in [-0.25, -0.2) is 34.0 Å². The van der Waals surface area contributed by atoms with Gasteiger partial charge in [0.2, 0.25) is 5.95 Å². The summed E-state index contributed by atoms with van der Waals surface area (Å²) in [5.41, 5.74) is 12.5. The SMILES string of the molecule is CC(C)(C)OC(=O)N1C(=O)C(=O)c2ccc(Cl)cc21.CC(C)(C)OC(=O)Nc1cc(Cl)ccc1C(=O)C(=O)N1Cc2ccccc2C1.CC(C)(C)OC(=O)OC(=O)OC(C)(C)C.C[Si](C)(C)N=C=N[Si](C)(C)C.Nc1nc(C(=O)N2Cc3ccccc3C2)c2ccc(Cl)cc2n1.O=C1Nc2cc(Cl)ccc2C1=O.c1ccc2c(c1)CNC2. The second-order valence-corrected chi connectivity index (χ2v) is 43.6. The van der Waals surface area contributed by atoms with E-state index in [4.69, 9.17) is 71.1 Å². The average molecular weight is 1710 g/mol. The van der Waals surface area contributed by atoms with Crippen molar-refractivity contribution in [1.82, 2.24) is 25.1 Å². The summed E-state index contributed by atoms with van der Waals surface area (Å²) in [4.78, 5) is 142. The van der Waals surface area contributed by atoms with Gasteiger partial charge in [0.1, 0.15) is 28.1 Å². The van der Waals surface area contributed by atoms with Crippen molar-refractivity contribution in [2.75, 3.05) is 21.3 Å². The van der Waals surface area contributed by atoms with Crippen LogP contribution in [0.2, 0.25) is 59.4 Å². The van der Waals surface area contributed by atoms with Crippen molar-refractivity contribution < 1.29 is 76.4 Å². The number of halogens is 4. The highest BCUT2D eigenvalue weighted by atomic mass is 35.5. The van der Waals surface area contributed by atoms with Crippen LogP contribution < -0.4 is 26.6 Å². The molecule has 618 valence electrons. The predicted molar refractivity (Wildman–Crippen MR) is 456 cm³/mol. The minimum absolute atomic E-state index is 0.0659. The van der Waals surface area contributed by atoms with Crippen molar-refractivity contribution in [3.05, 3.63) is 221 Å². The molecule has 8 aromatic rings. The molecule has 1 aromatic heterocycles. The van der Waals surface area contributed by atoms with Gasteiger partial charge in [-0.05, 0) is 229 Å². The number of rotatable bonds is 6. The van der Waals surface area contributed by atoms with E-state index in [0.29, 0.717) is 74.1 Å². The number of nitrogen functional groups attached to an aromatic ring is 1. The first kappa shape index (κ1) is 93.1. The molecule has 5 N–H and O–H groups in total. The average Bonchev–Trinajstić information content (AvgIpc) is 1.63. The Kier molecular flexibility index (Phi) is 31.3. The second kappa shape index (κ2) is 39.3. The van der Waals surface area contributed by atoms with Gasteiger partial charge in [-0.2, -0.15) is 0 Å². The predicted octanol–water partition coefficient (Wildman–Crippen LogP) is 18.7. The zero-order chi connectivity index (χ0) is 87.0. The van der Waals surface area contributed by atoms with Crippen molar-refractivity contribution in [2.45, 2.75) is 184 Å². The van der Waals surface area contributed by atoms with E-state index in [1.807, 2.05) is 48.5 Å². The Bertz CT molecular complexity index is 5090. The molecule has 5 aliphatic rings. The number of hydrogen-bond donors (Lipinski definition) is 4. The molecule has 33 heteroatoms. The van der Waals surface area contributed by atoms with Gasteiger partial charge in [0.05, 0.1) is 45.3 Å². The quantitative estimate of drug-likeness (QED) is 0.0228. The summed E-state index contributed by atoms with van der Waals surface area (Å²) in [5, 5.41) is 10.6. The van der Waals surface area contributed by atoms with Crippen LogP contribution in [0.4, 0.5) is 42.2 Å². The van der Waals surface area contributed by atoms with Crippen LogP contribution in [-0.4, -0.2) is 130 Å². The van der Waals surface area contributed by atoms with Gasteiger partial charge in [-0.15, -0.1) is 0 Å². The van der Waals surface area contributed by atoms with Crippen LogP contribution in [0.15, 0.2) is 155 Å². The minimum Gasteiger partial charge on any atom is -0.444 e. The summed E-state index contributed by atoms with van der Waals surface area (Å²) in [6.45, 7) is 37.3. The van der Waals surface area contributed by atoms with Crippen LogP contribution in [0.3, 0.4) is 0 Å². The van der Waals surface area contributed by atoms with E-state index in [1.165, 1.54) is 58.5 Å². The minimum atomic E-state index is -1.31. The number of anilines is 4. The number of ether oxygens (including phenoxy) is 5. The number of ketones is 3. The van der Waals surface area contributed by atoms with Gasteiger partial charge in [0.25, 0.3) is 35.1 Å². The lowest BCUT2D eigenvalue weighted by atomic mass is 10.1. The Morgan fingerprint density at radius 3 is 1.44 bits per heavy atom. The number of benzene rings is 7. The second-order valence-electron chi connectivity index (χ2n) is 32.8. The first-order valence-electron chi connectivity index (χ1n) is 36.8. The molecule has 117 heavy (non-hydrogen) atoms. The van der Waals surface area contributed by atoms with E-state index in [-0.39, 0.29) is 34.4 Å². The Morgan fingerprint density at radius 1 is 0.513 bits per heavy atom. The number of nitrogens with zero attached hydrogens (tertiary/aromatic N) is 7. The molecule has 0 fully saturated rings. The fraction of sp³-hybridized carbons (Fsp3) is 0.333. The molecule has 0 unspecified atom stereocenters. The molecule has 0 saturated heterocycles. The fourth-order valence-electron chi connectivity index (χ4n) is 10.9. The van der Waals surface area contributed by atoms with E-state index in [1.54, 1.807) is 118 Å². The zero-order valence-electron chi connectivity index (χ0n) is 68.4. The van der Waals surface area contributed by atoms with Crippen molar-refractivity contribution in [3.63, 3.8) is 0 Å². The molecule has 0 saturated carbocycles.